The summed E-state index contributed by atoms with van der Waals surface area (Å²) in [7, 11) is 0. The summed E-state index contributed by atoms with van der Waals surface area (Å²) in [6, 6.07) is 18.4. The predicted molar refractivity (Wildman–Crippen MR) is 83.7 cm³/mol. The smallest absolute Gasteiger partial charge is 0.0479 e. The molecule has 1 N–H and O–H groups in total. The van der Waals surface area contributed by atoms with Crippen LogP contribution in [0.15, 0.2) is 48.5 Å². The molecule has 0 amide bonds. The van der Waals surface area contributed by atoms with E-state index in [2.05, 4.69) is 58.7 Å². The van der Waals surface area contributed by atoms with Crippen LogP contribution in [0.2, 0.25) is 0 Å². The van der Waals surface area contributed by atoms with Gasteiger partial charge < -0.3 is 10.2 Å². The van der Waals surface area contributed by atoms with Gasteiger partial charge in [0.25, 0.3) is 0 Å². The molecule has 2 aliphatic rings. The van der Waals surface area contributed by atoms with Gasteiger partial charge in [-0.05, 0) is 49.1 Å². The molecule has 102 valence electrons. The molecule has 1 saturated heterocycles. The molecule has 2 nitrogen and oxygen atoms in total. The van der Waals surface area contributed by atoms with E-state index < -0.39 is 0 Å². The summed E-state index contributed by atoms with van der Waals surface area (Å²) in [5, 5.41) is 3.51. The molecule has 0 saturated carbocycles. The summed E-state index contributed by atoms with van der Waals surface area (Å²) in [5.41, 5.74) is 5.78. The third kappa shape index (κ3) is 1.92. The Morgan fingerprint density at radius 2 is 1.45 bits per heavy atom. The van der Waals surface area contributed by atoms with Crippen LogP contribution in [0.1, 0.15) is 17.5 Å². The van der Waals surface area contributed by atoms with Gasteiger partial charge in [-0.3, -0.25) is 0 Å². The maximum Gasteiger partial charge on any atom is 0.0479 e. The van der Waals surface area contributed by atoms with Crippen LogP contribution < -0.4 is 10.2 Å². The molecule has 0 bridgehead atoms. The van der Waals surface area contributed by atoms with Crippen molar-refractivity contribution in [3.05, 3.63) is 59.7 Å². The van der Waals surface area contributed by atoms with Crippen molar-refractivity contribution in [2.45, 2.75) is 25.3 Å². The topological polar surface area (TPSA) is 15.3 Å². The Morgan fingerprint density at radius 3 is 2.00 bits per heavy atom. The van der Waals surface area contributed by atoms with Gasteiger partial charge in [0.1, 0.15) is 0 Å². The second-order valence-electron chi connectivity index (χ2n) is 5.77. The number of benzene rings is 2. The first-order valence-corrected chi connectivity index (χ1v) is 7.59. The zero-order chi connectivity index (χ0) is 13.4. The highest BCUT2D eigenvalue weighted by atomic mass is 15.2. The average Bonchev–Trinajstić information content (AvgIpc) is 2.96. The van der Waals surface area contributed by atoms with E-state index in [0.29, 0.717) is 6.04 Å². The van der Waals surface area contributed by atoms with Crippen LogP contribution in [0.3, 0.4) is 0 Å². The minimum Gasteiger partial charge on any atom is -0.337 e. The molecule has 20 heavy (non-hydrogen) atoms. The normalized spacial score (nSPS) is 21.2. The van der Waals surface area contributed by atoms with Crippen molar-refractivity contribution < 1.29 is 0 Å². The molecule has 2 aromatic carbocycles. The zero-order valence-electron chi connectivity index (χ0n) is 11.7. The van der Waals surface area contributed by atoms with Crippen LogP contribution in [0.25, 0.3) is 0 Å². The van der Waals surface area contributed by atoms with Gasteiger partial charge in [-0.25, -0.2) is 0 Å². The van der Waals surface area contributed by atoms with Crippen molar-refractivity contribution in [1.29, 1.82) is 0 Å². The minimum absolute atomic E-state index is 0.579. The fraction of sp³-hybridized carbons (Fsp3) is 0.333. The van der Waals surface area contributed by atoms with Crippen molar-refractivity contribution in [3.63, 3.8) is 0 Å². The third-order valence-electron chi connectivity index (χ3n) is 4.57. The summed E-state index contributed by atoms with van der Waals surface area (Å²) < 4.78 is 0. The quantitative estimate of drug-likeness (QED) is 0.850. The molecule has 1 unspecified atom stereocenters. The first kappa shape index (κ1) is 12.0. The van der Waals surface area contributed by atoms with E-state index in [1.54, 1.807) is 0 Å². The molecule has 1 atom stereocenters. The second-order valence-corrected chi connectivity index (χ2v) is 5.77. The van der Waals surface area contributed by atoms with Crippen LogP contribution in [-0.4, -0.2) is 19.1 Å². The highest BCUT2D eigenvalue weighted by Gasteiger charge is 2.28. The largest absolute Gasteiger partial charge is 0.337 e. The molecule has 2 heterocycles. The Hall–Kier alpha value is -1.80. The fourth-order valence-corrected chi connectivity index (χ4v) is 3.57. The number of para-hydroxylation sites is 2. The fourth-order valence-electron chi connectivity index (χ4n) is 3.57. The lowest BCUT2D eigenvalue weighted by Gasteiger charge is -2.32. The summed E-state index contributed by atoms with van der Waals surface area (Å²) in [4.78, 5) is 2.58. The van der Waals surface area contributed by atoms with Crippen molar-refractivity contribution in [1.82, 2.24) is 5.32 Å². The van der Waals surface area contributed by atoms with Crippen LogP contribution in [-0.2, 0) is 12.8 Å². The summed E-state index contributed by atoms with van der Waals surface area (Å²) >= 11 is 0. The van der Waals surface area contributed by atoms with E-state index in [0.717, 1.165) is 25.9 Å². The molecule has 2 heteroatoms. The van der Waals surface area contributed by atoms with Gasteiger partial charge in [0.2, 0.25) is 0 Å². The van der Waals surface area contributed by atoms with Gasteiger partial charge in [-0.15, -0.1) is 0 Å². The number of nitrogens with one attached hydrogen (secondary N) is 1. The highest BCUT2D eigenvalue weighted by molar-refractivity contribution is 5.72. The number of anilines is 2. The maximum atomic E-state index is 3.51. The first-order valence-electron chi connectivity index (χ1n) is 7.59. The van der Waals surface area contributed by atoms with Crippen molar-refractivity contribution in [3.8, 4) is 0 Å². The predicted octanol–water partition coefficient (Wildman–Crippen LogP) is 3.29. The van der Waals surface area contributed by atoms with E-state index in [4.69, 9.17) is 0 Å². The van der Waals surface area contributed by atoms with Gasteiger partial charge >= 0.3 is 0 Å². The maximum absolute atomic E-state index is 3.51. The number of hydrogen-bond donors (Lipinski definition) is 1. The highest BCUT2D eigenvalue weighted by Crippen LogP contribution is 2.38. The van der Waals surface area contributed by atoms with Crippen molar-refractivity contribution in [2.75, 3.05) is 18.0 Å². The molecule has 2 aromatic rings. The summed E-state index contributed by atoms with van der Waals surface area (Å²) in [6.45, 7) is 2.22. The van der Waals surface area contributed by atoms with E-state index in [1.807, 2.05) is 0 Å². The van der Waals surface area contributed by atoms with Gasteiger partial charge in [0, 0.05) is 24.0 Å². The van der Waals surface area contributed by atoms with E-state index >= 15 is 0 Å². The second kappa shape index (κ2) is 4.95. The van der Waals surface area contributed by atoms with E-state index in [1.165, 1.54) is 28.9 Å². The van der Waals surface area contributed by atoms with Crippen molar-refractivity contribution >= 4 is 11.4 Å². The monoisotopic (exact) mass is 264 g/mol. The van der Waals surface area contributed by atoms with Gasteiger partial charge in [0.05, 0.1) is 0 Å². The van der Waals surface area contributed by atoms with Crippen LogP contribution >= 0.6 is 0 Å². The van der Waals surface area contributed by atoms with E-state index in [9.17, 15) is 0 Å². The molecule has 4 rings (SSSR count). The lowest BCUT2D eigenvalue weighted by Crippen LogP contribution is -2.33. The summed E-state index contributed by atoms with van der Waals surface area (Å²) in [5.74, 6) is 0. The number of fused-ring (bicyclic) bond motifs is 2. The Balaban J connectivity index is 1.89. The molecule has 0 aromatic heterocycles. The molecule has 2 aliphatic heterocycles. The van der Waals surface area contributed by atoms with Gasteiger partial charge in [0.15, 0.2) is 0 Å². The lowest BCUT2D eigenvalue weighted by atomic mass is 10.0. The minimum atomic E-state index is 0.579. The van der Waals surface area contributed by atoms with Gasteiger partial charge in [-0.2, -0.15) is 0 Å². The molecule has 0 aliphatic carbocycles. The molecular weight excluding hydrogens is 244 g/mol. The standard InChI is InChI=1S/C18H20N2/c1-3-7-17-14(5-1)9-10-15-6-2-4-8-18(15)20(17)16-11-12-19-13-16/h1-8,16,19H,9-13H2. The summed E-state index contributed by atoms with van der Waals surface area (Å²) in [6.07, 6.45) is 3.51. The molecule has 0 radical (unpaired) electrons. The van der Waals surface area contributed by atoms with Crippen LogP contribution in [0.5, 0.6) is 0 Å². The number of rotatable bonds is 1. The van der Waals surface area contributed by atoms with E-state index in [-0.39, 0.29) is 0 Å². The van der Waals surface area contributed by atoms with Gasteiger partial charge in [-0.1, -0.05) is 36.4 Å². The number of aryl methyl sites for hydroxylation is 2. The Bertz CT molecular complexity index is 567. The number of hydrogen-bond acceptors (Lipinski definition) is 2. The first-order chi connectivity index (χ1) is 9.93. The number of nitrogens with zero attached hydrogens (tertiary/aromatic N) is 1. The zero-order valence-corrected chi connectivity index (χ0v) is 11.7. The Kier molecular flexibility index (Phi) is 2.96. The van der Waals surface area contributed by atoms with Crippen LogP contribution in [0.4, 0.5) is 11.4 Å². The molecular formula is C18H20N2. The Labute approximate surface area is 120 Å². The SMILES string of the molecule is c1ccc2c(c1)CCc1ccccc1N2C1CCNC1. The average molecular weight is 264 g/mol. The van der Waals surface area contributed by atoms with Crippen molar-refractivity contribution in [2.24, 2.45) is 0 Å². The molecule has 0 spiro atoms. The molecule has 1 fully saturated rings. The third-order valence-corrected chi connectivity index (χ3v) is 4.57. The Morgan fingerprint density at radius 1 is 0.850 bits per heavy atom. The lowest BCUT2D eigenvalue weighted by molar-refractivity contribution is 0.710. The van der Waals surface area contributed by atoms with Crippen LogP contribution in [0, 0.1) is 0 Å².